The van der Waals surface area contributed by atoms with E-state index in [1.165, 1.54) is 32.1 Å². The Morgan fingerprint density at radius 2 is 1.86 bits per heavy atom. The number of halogens is 1. The fraction of sp³-hybridized carbons (Fsp3) is 1.00. The van der Waals surface area contributed by atoms with Crippen molar-refractivity contribution in [3.63, 3.8) is 0 Å². The van der Waals surface area contributed by atoms with Crippen LogP contribution in [0.25, 0.3) is 0 Å². The van der Waals surface area contributed by atoms with Crippen LogP contribution in [0, 0.1) is 0 Å². The minimum absolute atomic E-state index is 0.201. The van der Waals surface area contributed by atoms with Crippen LogP contribution >= 0.6 is 0 Å². The summed E-state index contributed by atoms with van der Waals surface area (Å²) in [5, 5.41) is 0. The van der Waals surface area contributed by atoms with Gasteiger partial charge in [-0.25, -0.2) is 0 Å². The molecule has 0 atom stereocenters. The highest BCUT2D eigenvalue weighted by molar-refractivity contribution is 4.75. The number of hydrogen-bond acceptors (Lipinski definition) is 2. The summed E-state index contributed by atoms with van der Waals surface area (Å²) in [5.74, 6) is 0. The van der Waals surface area contributed by atoms with Crippen molar-refractivity contribution < 1.29 is 4.39 Å². The van der Waals surface area contributed by atoms with Crippen molar-refractivity contribution in [2.45, 2.75) is 44.6 Å². The number of alkyl halides is 1. The molecule has 0 aromatic heterocycles. The summed E-state index contributed by atoms with van der Waals surface area (Å²) >= 11 is 0. The second-order valence-corrected chi connectivity index (χ2v) is 4.16. The topological polar surface area (TPSA) is 29.3 Å². The molecule has 1 fully saturated rings. The van der Waals surface area contributed by atoms with Crippen LogP contribution in [0.4, 0.5) is 4.39 Å². The summed E-state index contributed by atoms with van der Waals surface area (Å²) in [6.07, 6.45) is 7.27. The quantitative estimate of drug-likeness (QED) is 0.713. The van der Waals surface area contributed by atoms with Gasteiger partial charge in [-0.15, -0.1) is 0 Å². The molecule has 0 aromatic carbocycles. The average molecular weight is 202 g/mol. The third-order valence-electron chi connectivity index (χ3n) is 3.09. The first-order valence-electron chi connectivity index (χ1n) is 5.88. The van der Waals surface area contributed by atoms with Crippen molar-refractivity contribution in [3.8, 4) is 0 Å². The highest BCUT2D eigenvalue weighted by Gasteiger charge is 2.19. The minimum atomic E-state index is -0.201. The van der Waals surface area contributed by atoms with E-state index in [-0.39, 0.29) is 6.67 Å². The molecule has 0 bridgehead atoms. The number of rotatable bonds is 6. The van der Waals surface area contributed by atoms with E-state index in [0.717, 1.165) is 13.1 Å². The summed E-state index contributed by atoms with van der Waals surface area (Å²) in [6, 6.07) is 0.679. The van der Waals surface area contributed by atoms with Crippen molar-refractivity contribution in [1.29, 1.82) is 0 Å². The van der Waals surface area contributed by atoms with Crippen LogP contribution in [0.15, 0.2) is 0 Å². The summed E-state index contributed by atoms with van der Waals surface area (Å²) < 4.78 is 12.1. The second kappa shape index (κ2) is 7.18. The molecule has 0 heterocycles. The zero-order valence-electron chi connectivity index (χ0n) is 9.05. The van der Waals surface area contributed by atoms with Crippen molar-refractivity contribution in [2.24, 2.45) is 5.73 Å². The predicted octanol–water partition coefficient (Wildman–Crippen LogP) is 1.94. The SMILES string of the molecule is NCCN(CCCF)C1CCCCC1. The Morgan fingerprint density at radius 3 is 2.43 bits per heavy atom. The first-order chi connectivity index (χ1) is 6.88. The van der Waals surface area contributed by atoms with E-state index in [4.69, 9.17) is 5.73 Å². The van der Waals surface area contributed by atoms with Crippen molar-refractivity contribution in [2.75, 3.05) is 26.3 Å². The van der Waals surface area contributed by atoms with E-state index >= 15 is 0 Å². The summed E-state index contributed by atoms with van der Waals surface area (Å²) in [4.78, 5) is 2.39. The predicted molar refractivity (Wildman–Crippen MR) is 58.1 cm³/mol. The van der Waals surface area contributed by atoms with Crippen molar-refractivity contribution in [1.82, 2.24) is 4.90 Å². The molecule has 1 saturated carbocycles. The van der Waals surface area contributed by atoms with Crippen LogP contribution in [-0.2, 0) is 0 Å². The summed E-state index contributed by atoms with van der Waals surface area (Å²) in [5.41, 5.74) is 5.57. The molecule has 0 aliphatic heterocycles. The molecule has 0 spiro atoms. The third-order valence-corrected chi connectivity index (χ3v) is 3.09. The highest BCUT2D eigenvalue weighted by atomic mass is 19.1. The standard InChI is InChI=1S/C11H23FN2/c12-7-4-9-14(10-8-13)11-5-2-1-3-6-11/h11H,1-10,13H2. The molecule has 0 aromatic rings. The van der Waals surface area contributed by atoms with Gasteiger partial charge in [-0.1, -0.05) is 19.3 Å². The molecule has 0 saturated heterocycles. The van der Waals surface area contributed by atoms with Gasteiger partial charge in [0.25, 0.3) is 0 Å². The van der Waals surface area contributed by atoms with Gasteiger partial charge in [-0.2, -0.15) is 0 Å². The maximum atomic E-state index is 12.1. The van der Waals surface area contributed by atoms with Crippen molar-refractivity contribution >= 4 is 0 Å². The first-order valence-corrected chi connectivity index (χ1v) is 5.88. The van der Waals surface area contributed by atoms with Gasteiger partial charge in [0.05, 0.1) is 6.67 Å². The van der Waals surface area contributed by atoms with Gasteiger partial charge in [0, 0.05) is 25.7 Å². The van der Waals surface area contributed by atoms with Crippen LogP contribution in [0.1, 0.15) is 38.5 Å². The molecular formula is C11H23FN2. The largest absolute Gasteiger partial charge is 0.329 e. The van der Waals surface area contributed by atoms with Gasteiger partial charge in [0.1, 0.15) is 0 Å². The normalized spacial score (nSPS) is 19.1. The van der Waals surface area contributed by atoms with Crippen LogP contribution < -0.4 is 5.73 Å². The molecule has 84 valence electrons. The number of hydrogen-bond donors (Lipinski definition) is 1. The molecule has 0 unspecified atom stereocenters. The minimum Gasteiger partial charge on any atom is -0.329 e. The molecule has 1 aliphatic carbocycles. The van der Waals surface area contributed by atoms with Crippen LogP contribution in [0.2, 0.25) is 0 Å². The lowest BCUT2D eigenvalue weighted by Gasteiger charge is -2.33. The van der Waals surface area contributed by atoms with Gasteiger partial charge >= 0.3 is 0 Å². The highest BCUT2D eigenvalue weighted by Crippen LogP contribution is 2.22. The Labute approximate surface area is 86.6 Å². The fourth-order valence-corrected chi connectivity index (χ4v) is 2.35. The Kier molecular flexibility index (Phi) is 6.12. The lowest BCUT2D eigenvalue weighted by atomic mass is 9.94. The number of nitrogens with two attached hydrogens (primary N) is 1. The van der Waals surface area contributed by atoms with Crippen LogP contribution in [-0.4, -0.2) is 37.3 Å². The molecule has 14 heavy (non-hydrogen) atoms. The molecular weight excluding hydrogens is 179 g/mol. The first kappa shape index (κ1) is 11.9. The summed E-state index contributed by atoms with van der Waals surface area (Å²) in [7, 11) is 0. The molecule has 0 amide bonds. The van der Waals surface area contributed by atoms with Gasteiger partial charge in [-0.05, 0) is 19.3 Å². The zero-order valence-corrected chi connectivity index (χ0v) is 9.05. The van der Waals surface area contributed by atoms with Crippen molar-refractivity contribution in [3.05, 3.63) is 0 Å². The van der Waals surface area contributed by atoms with Gasteiger partial charge in [0.15, 0.2) is 0 Å². The third kappa shape index (κ3) is 3.93. The molecule has 2 nitrogen and oxygen atoms in total. The molecule has 0 radical (unpaired) electrons. The monoisotopic (exact) mass is 202 g/mol. The number of nitrogens with zero attached hydrogens (tertiary/aromatic N) is 1. The fourth-order valence-electron chi connectivity index (χ4n) is 2.35. The van der Waals surface area contributed by atoms with Crippen LogP contribution in [0.3, 0.4) is 0 Å². The van der Waals surface area contributed by atoms with E-state index in [9.17, 15) is 4.39 Å². The zero-order chi connectivity index (χ0) is 10.2. The Balaban J connectivity index is 2.30. The lowest BCUT2D eigenvalue weighted by Crippen LogP contribution is -2.40. The van der Waals surface area contributed by atoms with E-state index in [1.54, 1.807) is 0 Å². The smallest absolute Gasteiger partial charge is 0.0906 e. The van der Waals surface area contributed by atoms with E-state index in [2.05, 4.69) is 4.90 Å². The van der Waals surface area contributed by atoms with Gasteiger partial charge in [0.2, 0.25) is 0 Å². The van der Waals surface area contributed by atoms with E-state index < -0.39 is 0 Å². The Bertz CT molecular complexity index is 135. The molecule has 3 heteroatoms. The lowest BCUT2D eigenvalue weighted by molar-refractivity contribution is 0.154. The Hall–Kier alpha value is -0.150. The summed E-state index contributed by atoms with van der Waals surface area (Å²) in [6.45, 7) is 2.32. The maximum absolute atomic E-state index is 12.1. The van der Waals surface area contributed by atoms with Gasteiger partial charge in [-0.3, -0.25) is 9.29 Å². The molecule has 1 rings (SSSR count). The second-order valence-electron chi connectivity index (χ2n) is 4.16. The van der Waals surface area contributed by atoms with Crippen LogP contribution in [0.5, 0.6) is 0 Å². The molecule has 2 N–H and O–H groups in total. The van der Waals surface area contributed by atoms with E-state index in [0.29, 0.717) is 19.0 Å². The Morgan fingerprint density at radius 1 is 1.14 bits per heavy atom. The van der Waals surface area contributed by atoms with Gasteiger partial charge < -0.3 is 5.73 Å². The molecule has 1 aliphatic rings. The maximum Gasteiger partial charge on any atom is 0.0906 e. The average Bonchev–Trinajstić information content (AvgIpc) is 2.25. The van der Waals surface area contributed by atoms with E-state index in [1.807, 2.05) is 0 Å².